The van der Waals surface area contributed by atoms with E-state index < -0.39 is 57.8 Å². The number of hydrogen-bond donors (Lipinski definition) is 0. The van der Waals surface area contributed by atoms with Crippen molar-refractivity contribution in [1.82, 2.24) is 4.31 Å². The summed E-state index contributed by atoms with van der Waals surface area (Å²) in [5.74, 6) is -1.91. The number of methoxy groups -OCH3 is 1. The van der Waals surface area contributed by atoms with Crippen LogP contribution >= 0.6 is 0 Å². The van der Waals surface area contributed by atoms with Crippen molar-refractivity contribution in [3.05, 3.63) is 71.5 Å². The number of nitrogens with zero attached hydrogens (tertiary/aromatic N) is 1. The summed E-state index contributed by atoms with van der Waals surface area (Å²) >= 11 is 0. The highest BCUT2D eigenvalue weighted by Crippen LogP contribution is 2.48. The van der Waals surface area contributed by atoms with Crippen molar-refractivity contribution in [3.63, 3.8) is 0 Å². The van der Waals surface area contributed by atoms with Crippen LogP contribution in [-0.4, -0.2) is 74.8 Å². The first-order valence-corrected chi connectivity index (χ1v) is 15.6. The molecular formula is C31H39NO9S. The molecule has 0 unspecified atom stereocenters. The Labute approximate surface area is 247 Å². The lowest BCUT2D eigenvalue weighted by Crippen LogP contribution is -2.62. The fraction of sp³-hybridized carbons (Fsp3) is 0.548. The van der Waals surface area contributed by atoms with Gasteiger partial charge in [0.15, 0.2) is 17.7 Å². The van der Waals surface area contributed by atoms with E-state index in [4.69, 9.17) is 33.2 Å². The molecule has 2 aromatic rings. The van der Waals surface area contributed by atoms with E-state index in [-0.39, 0.29) is 18.1 Å². The largest absolute Gasteiger partial charge is 0.497 e. The Hall–Kier alpha value is -2.51. The third-order valence-corrected chi connectivity index (χ3v) is 10.2. The molecule has 0 saturated carbocycles. The van der Waals surface area contributed by atoms with Gasteiger partial charge in [0, 0.05) is 0 Å². The standard InChI is InChI=1S/C31H39NO9S/c1-19-8-14-23(15-9-19)42(33,34)32-20(2)25(16-24(32)21-10-12-22(35-7)13-11-21)38-28-27-26(39-30(5,6)40-27)17-36-31(28)18-37-29(3,4)41-31/h8-16,20,24,26-28H,17-18H2,1-7H3/t20-,24+,26+,27+,28-,31-/m0/s1. The van der Waals surface area contributed by atoms with Gasteiger partial charge >= 0.3 is 0 Å². The first-order chi connectivity index (χ1) is 19.7. The molecular weight excluding hydrogens is 562 g/mol. The molecule has 4 heterocycles. The van der Waals surface area contributed by atoms with Crippen molar-refractivity contribution < 1.29 is 41.6 Å². The van der Waals surface area contributed by atoms with Gasteiger partial charge in [-0.05, 0) is 77.4 Å². The normalized spacial score (nSPS) is 33.9. The van der Waals surface area contributed by atoms with Crippen molar-refractivity contribution in [1.29, 1.82) is 0 Å². The fourth-order valence-electron chi connectivity index (χ4n) is 6.17. The molecule has 4 aliphatic heterocycles. The van der Waals surface area contributed by atoms with Crippen LogP contribution in [0.5, 0.6) is 5.75 Å². The molecule has 6 atom stereocenters. The van der Waals surface area contributed by atoms with Gasteiger partial charge in [-0.15, -0.1) is 0 Å². The molecule has 0 amide bonds. The first-order valence-electron chi connectivity index (χ1n) is 14.2. The van der Waals surface area contributed by atoms with Crippen LogP contribution < -0.4 is 4.74 Å². The quantitative estimate of drug-likeness (QED) is 0.476. The van der Waals surface area contributed by atoms with Crippen LogP contribution in [-0.2, 0) is 38.4 Å². The number of ether oxygens (including phenoxy) is 7. The van der Waals surface area contributed by atoms with Crippen molar-refractivity contribution in [3.8, 4) is 5.75 Å². The SMILES string of the molecule is COc1ccc([C@H]2C=C(O[C@H]3[C@@H]4OC(C)(C)O[C@@H]4CO[C@]34COC(C)(C)O4)[C@H](C)N2S(=O)(=O)c2ccc(C)cc2)cc1. The van der Waals surface area contributed by atoms with Crippen molar-refractivity contribution in [2.24, 2.45) is 0 Å². The van der Waals surface area contributed by atoms with Gasteiger partial charge in [0.2, 0.25) is 15.8 Å². The molecule has 6 rings (SSSR count). The third-order valence-electron chi connectivity index (χ3n) is 8.19. The van der Waals surface area contributed by atoms with E-state index in [1.165, 1.54) is 4.31 Å². The number of aryl methyl sites for hydroxylation is 1. The molecule has 42 heavy (non-hydrogen) atoms. The topological polar surface area (TPSA) is 102 Å². The molecule has 3 saturated heterocycles. The van der Waals surface area contributed by atoms with E-state index in [9.17, 15) is 8.42 Å². The summed E-state index contributed by atoms with van der Waals surface area (Å²) in [7, 11) is -2.36. The lowest BCUT2D eigenvalue weighted by atomic mass is 9.96. The summed E-state index contributed by atoms with van der Waals surface area (Å²) in [6, 6.07) is 12.9. The minimum atomic E-state index is -3.95. The Morgan fingerprint density at radius 1 is 0.929 bits per heavy atom. The molecule has 2 aromatic carbocycles. The molecule has 0 aliphatic carbocycles. The Morgan fingerprint density at radius 2 is 1.62 bits per heavy atom. The molecule has 0 N–H and O–H groups in total. The van der Waals surface area contributed by atoms with Crippen LogP contribution in [0.25, 0.3) is 0 Å². The number of sulfonamides is 1. The lowest BCUT2D eigenvalue weighted by Gasteiger charge is -2.44. The fourth-order valence-corrected chi connectivity index (χ4v) is 7.90. The van der Waals surface area contributed by atoms with E-state index >= 15 is 0 Å². The number of hydrogen-bond acceptors (Lipinski definition) is 9. The highest BCUT2D eigenvalue weighted by atomic mass is 32.2. The second kappa shape index (κ2) is 10.3. The summed E-state index contributed by atoms with van der Waals surface area (Å²) in [6.45, 7) is 11.4. The summed E-state index contributed by atoms with van der Waals surface area (Å²) < 4.78 is 73.0. The van der Waals surface area contributed by atoms with E-state index in [1.807, 2.05) is 71.9 Å². The van der Waals surface area contributed by atoms with Gasteiger partial charge in [0.1, 0.15) is 30.3 Å². The maximum Gasteiger partial charge on any atom is 0.244 e. The van der Waals surface area contributed by atoms with Gasteiger partial charge in [-0.3, -0.25) is 0 Å². The molecule has 3 fully saturated rings. The molecule has 0 radical (unpaired) electrons. The highest BCUT2D eigenvalue weighted by Gasteiger charge is 2.64. The van der Waals surface area contributed by atoms with Crippen LogP contribution in [0.2, 0.25) is 0 Å². The van der Waals surface area contributed by atoms with Crippen molar-refractivity contribution in [2.75, 3.05) is 20.3 Å². The van der Waals surface area contributed by atoms with Crippen LogP contribution in [0, 0.1) is 6.92 Å². The maximum atomic E-state index is 14.2. The van der Waals surface area contributed by atoms with Gasteiger partial charge in [-0.25, -0.2) is 8.42 Å². The second-order valence-corrected chi connectivity index (χ2v) is 14.0. The Bertz CT molecular complexity index is 1450. The summed E-state index contributed by atoms with van der Waals surface area (Å²) in [5, 5.41) is 0. The maximum absolute atomic E-state index is 14.2. The minimum Gasteiger partial charge on any atom is -0.497 e. The predicted octanol–water partition coefficient (Wildman–Crippen LogP) is 4.44. The van der Waals surface area contributed by atoms with Gasteiger partial charge < -0.3 is 33.2 Å². The third kappa shape index (κ3) is 5.15. The Balaban J connectivity index is 1.40. The molecule has 10 nitrogen and oxygen atoms in total. The van der Waals surface area contributed by atoms with Crippen molar-refractivity contribution >= 4 is 10.0 Å². The van der Waals surface area contributed by atoms with E-state index in [2.05, 4.69) is 0 Å². The van der Waals surface area contributed by atoms with Crippen molar-refractivity contribution in [2.45, 2.75) is 94.2 Å². The zero-order valence-electron chi connectivity index (χ0n) is 25.0. The zero-order chi connectivity index (χ0) is 30.1. The van der Waals surface area contributed by atoms with Crippen LogP contribution in [0.1, 0.15) is 51.8 Å². The molecule has 228 valence electrons. The molecule has 11 heteroatoms. The van der Waals surface area contributed by atoms with E-state index in [0.717, 1.165) is 11.1 Å². The summed E-state index contributed by atoms with van der Waals surface area (Å²) in [5.41, 5.74) is 1.74. The van der Waals surface area contributed by atoms with Gasteiger partial charge in [0.05, 0.1) is 30.7 Å². The van der Waals surface area contributed by atoms with Crippen LogP contribution in [0.3, 0.4) is 0 Å². The average molecular weight is 602 g/mol. The van der Waals surface area contributed by atoms with Gasteiger partial charge in [-0.1, -0.05) is 29.8 Å². The number of benzene rings is 2. The van der Waals surface area contributed by atoms with Gasteiger partial charge in [0.25, 0.3) is 0 Å². The van der Waals surface area contributed by atoms with Crippen LogP contribution in [0.15, 0.2) is 65.3 Å². The van der Waals surface area contributed by atoms with Crippen LogP contribution in [0.4, 0.5) is 0 Å². The average Bonchev–Trinajstić information content (AvgIpc) is 3.55. The van der Waals surface area contributed by atoms with E-state index in [0.29, 0.717) is 11.5 Å². The predicted molar refractivity (Wildman–Crippen MR) is 152 cm³/mol. The smallest absolute Gasteiger partial charge is 0.244 e. The number of rotatable bonds is 6. The molecule has 0 bridgehead atoms. The Morgan fingerprint density at radius 3 is 2.24 bits per heavy atom. The summed E-state index contributed by atoms with van der Waals surface area (Å²) in [6.07, 6.45) is 0.107. The monoisotopic (exact) mass is 601 g/mol. The summed E-state index contributed by atoms with van der Waals surface area (Å²) in [4.78, 5) is 0.203. The molecule has 4 aliphatic rings. The minimum absolute atomic E-state index is 0.118. The first kappa shape index (κ1) is 29.6. The molecule has 0 aromatic heterocycles. The molecule has 1 spiro atoms. The van der Waals surface area contributed by atoms with E-state index in [1.54, 1.807) is 31.4 Å². The van der Waals surface area contributed by atoms with Gasteiger partial charge in [-0.2, -0.15) is 4.31 Å². The highest BCUT2D eigenvalue weighted by molar-refractivity contribution is 7.89. The number of fused-ring (bicyclic) bond motifs is 1. The second-order valence-electron chi connectivity index (χ2n) is 12.2. The zero-order valence-corrected chi connectivity index (χ0v) is 25.8. The lowest BCUT2D eigenvalue weighted by molar-refractivity contribution is -0.329. The Kier molecular flexibility index (Phi) is 7.24.